The summed E-state index contributed by atoms with van der Waals surface area (Å²) in [7, 11) is -8.30. The highest BCUT2D eigenvalue weighted by molar-refractivity contribution is 8.18. The minimum absolute atomic E-state index is 0.00485. The fourth-order valence-electron chi connectivity index (χ4n) is 3.96. The number of fused-ring (bicyclic) bond motifs is 1. The number of carbonyl (C=O) groups excluding carboxylic acids is 1. The molecule has 7 nitrogen and oxygen atoms in total. The summed E-state index contributed by atoms with van der Waals surface area (Å²) in [6, 6.07) is 5.88. The molecule has 0 spiro atoms. The van der Waals surface area contributed by atoms with Gasteiger partial charge in [-0.25, -0.2) is 0 Å². The lowest BCUT2D eigenvalue weighted by molar-refractivity contribution is -0.120. The lowest BCUT2D eigenvalue weighted by Gasteiger charge is -2.21. The van der Waals surface area contributed by atoms with Gasteiger partial charge in [-0.2, -0.15) is 20.5 Å². The van der Waals surface area contributed by atoms with Crippen molar-refractivity contribution in [3.8, 4) is 0 Å². The van der Waals surface area contributed by atoms with Crippen molar-refractivity contribution in [2.24, 2.45) is 5.92 Å². The van der Waals surface area contributed by atoms with Gasteiger partial charge in [-0.05, 0) is 49.9 Å². The number of anilines is 2. The Morgan fingerprint density at radius 2 is 1.39 bits per heavy atom. The summed E-state index contributed by atoms with van der Waals surface area (Å²) in [4.78, 5) is 12.1. The molecule has 1 aromatic carbocycles. The molecular weight excluding hydrogens is 400 g/mol. The van der Waals surface area contributed by atoms with Crippen LogP contribution in [0.4, 0.5) is 11.4 Å². The zero-order chi connectivity index (χ0) is 19.9. The molecule has 28 heavy (non-hydrogen) atoms. The van der Waals surface area contributed by atoms with E-state index in [1.54, 1.807) is 0 Å². The topological polar surface area (TPSA) is 101 Å². The van der Waals surface area contributed by atoms with Gasteiger partial charge < -0.3 is 5.32 Å². The van der Waals surface area contributed by atoms with Crippen LogP contribution < -0.4 is 9.03 Å². The number of benzene rings is 1. The third kappa shape index (κ3) is 3.16. The summed E-state index contributed by atoms with van der Waals surface area (Å²) in [5.41, 5.74) is 0.552. The maximum atomic E-state index is 12.8. The SMILES string of the molecule is O=C(Nc1ccc(N2S(=O)(=O)C3=CCCC=C3S2(=O)=O)cc1)C1CCCCC1. The molecule has 150 valence electrons. The van der Waals surface area contributed by atoms with Crippen molar-refractivity contribution in [3.05, 3.63) is 46.2 Å². The molecule has 2 fully saturated rings. The average molecular weight is 423 g/mol. The molecule has 0 aromatic heterocycles. The Kier molecular flexibility index (Phi) is 4.83. The number of hydrogen-bond acceptors (Lipinski definition) is 5. The van der Waals surface area contributed by atoms with Crippen LogP contribution in [-0.4, -0.2) is 22.7 Å². The largest absolute Gasteiger partial charge is 0.326 e. The number of allylic oxidation sites excluding steroid dienone is 2. The quantitative estimate of drug-likeness (QED) is 0.806. The van der Waals surface area contributed by atoms with Crippen LogP contribution in [0.15, 0.2) is 46.2 Å². The van der Waals surface area contributed by atoms with E-state index >= 15 is 0 Å². The van der Waals surface area contributed by atoms with Gasteiger partial charge >= 0.3 is 0 Å². The number of carbonyl (C=O) groups is 1. The number of nitrogens with one attached hydrogen (secondary N) is 1. The summed E-state index contributed by atoms with van der Waals surface area (Å²) in [6.45, 7) is 0. The van der Waals surface area contributed by atoms with Gasteiger partial charge in [0.15, 0.2) is 0 Å². The van der Waals surface area contributed by atoms with Crippen LogP contribution in [0.5, 0.6) is 0 Å². The Bertz CT molecular complexity index is 1010. The van der Waals surface area contributed by atoms with Crippen LogP contribution in [0, 0.1) is 5.92 Å². The van der Waals surface area contributed by atoms with Gasteiger partial charge in [0.05, 0.1) is 5.69 Å². The molecular formula is C19H22N2O5S2. The molecule has 1 saturated carbocycles. The zero-order valence-electron chi connectivity index (χ0n) is 15.3. The highest BCUT2D eigenvalue weighted by atomic mass is 32.3. The predicted molar refractivity (Wildman–Crippen MR) is 107 cm³/mol. The third-order valence-corrected chi connectivity index (χ3v) is 9.87. The molecule has 0 bridgehead atoms. The highest BCUT2D eigenvalue weighted by Crippen LogP contribution is 2.43. The maximum absolute atomic E-state index is 12.8. The van der Waals surface area contributed by atoms with Gasteiger partial charge in [-0.15, -0.1) is 0 Å². The molecule has 3 aliphatic rings. The Hall–Kier alpha value is -2.13. The van der Waals surface area contributed by atoms with Crippen molar-refractivity contribution in [2.45, 2.75) is 44.9 Å². The Labute approximate surface area is 165 Å². The fourth-order valence-corrected chi connectivity index (χ4v) is 8.59. The Morgan fingerprint density at radius 1 is 0.857 bits per heavy atom. The van der Waals surface area contributed by atoms with E-state index in [2.05, 4.69) is 5.32 Å². The minimum Gasteiger partial charge on any atom is -0.326 e. The van der Waals surface area contributed by atoms with E-state index in [0.717, 1.165) is 32.1 Å². The van der Waals surface area contributed by atoms with Gasteiger partial charge in [0.2, 0.25) is 5.91 Å². The predicted octanol–water partition coefficient (Wildman–Crippen LogP) is 3.25. The van der Waals surface area contributed by atoms with Crippen LogP contribution in [0.2, 0.25) is 0 Å². The van der Waals surface area contributed by atoms with E-state index in [0.29, 0.717) is 22.2 Å². The molecule has 1 aliphatic heterocycles. The van der Waals surface area contributed by atoms with Gasteiger partial charge in [-0.3, -0.25) is 4.79 Å². The van der Waals surface area contributed by atoms with Crippen molar-refractivity contribution in [2.75, 3.05) is 9.03 Å². The first-order chi connectivity index (χ1) is 13.3. The first kappa shape index (κ1) is 19.2. The van der Waals surface area contributed by atoms with Crippen LogP contribution >= 0.6 is 0 Å². The van der Waals surface area contributed by atoms with Crippen molar-refractivity contribution in [3.63, 3.8) is 0 Å². The molecule has 0 atom stereocenters. The summed E-state index contributed by atoms with van der Waals surface area (Å²) in [6.07, 6.45) is 8.91. The van der Waals surface area contributed by atoms with Crippen LogP contribution in [0.1, 0.15) is 44.9 Å². The maximum Gasteiger partial charge on any atom is 0.278 e. The van der Waals surface area contributed by atoms with Crippen molar-refractivity contribution >= 4 is 37.3 Å². The molecule has 1 N–H and O–H groups in total. The third-order valence-electron chi connectivity index (χ3n) is 5.38. The van der Waals surface area contributed by atoms with Gasteiger partial charge in [0.25, 0.3) is 20.0 Å². The molecule has 9 heteroatoms. The molecule has 1 heterocycles. The normalized spacial score (nSPS) is 23.5. The lowest BCUT2D eigenvalue weighted by atomic mass is 9.88. The van der Waals surface area contributed by atoms with Crippen molar-refractivity contribution in [1.29, 1.82) is 0 Å². The molecule has 4 rings (SSSR count). The number of hydrogen-bond donors (Lipinski definition) is 1. The van der Waals surface area contributed by atoms with Gasteiger partial charge in [-0.1, -0.05) is 31.4 Å². The second-order valence-corrected chi connectivity index (χ2v) is 11.0. The van der Waals surface area contributed by atoms with E-state index in [1.165, 1.54) is 36.4 Å². The van der Waals surface area contributed by atoms with E-state index < -0.39 is 20.0 Å². The molecule has 1 saturated heterocycles. The van der Waals surface area contributed by atoms with Gasteiger partial charge in [0.1, 0.15) is 9.81 Å². The van der Waals surface area contributed by atoms with Crippen molar-refractivity contribution < 1.29 is 21.6 Å². The lowest BCUT2D eigenvalue weighted by Crippen LogP contribution is -2.29. The zero-order valence-corrected chi connectivity index (χ0v) is 16.9. The number of rotatable bonds is 3. The van der Waals surface area contributed by atoms with E-state index in [1.807, 2.05) is 0 Å². The average Bonchev–Trinajstić information content (AvgIpc) is 2.85. The van der Waals surface area contributed by atoms with E-state index in [4.69, 9.17) is 0 Å². The monoisotopic (exact) mass is 422 g/mol. The second-order valence-electron chi connectivity index (χ2n) is 7.29. The van der Waals surface area contributed by atoms with Crippen LogP contribution in [-0.2, 0) is 24.8 Å². The number of amides is 1. The Morgan fingerprint density at radius 3 is 1.93 bits per heavy atom. The molecule has 1 aromatic rings. The summed E-state index contributed by atoms with van der Waals surface area (Å²) in [5, 5.41) is 2.84. The minimum atomic E-state index is -4.15. The molecule has 1 amide bonds. The molecule has 2 aliphatic carbocycles. The van der Waals surface area contributed by atoms with E-state index in [9.17, 15) is 21.6 Å². The van der Waals surface area contributed by atoms with Crippen LogP contribution in [0.3, 0.4) is 0 Å². The summed E-state index contributed by atoms with van der Waals surface area (Å²) >= 11 is 0. The first-order valence-corrected chi connectivity index (χ1v) is 12.3. The highest BCUT2D eigenvalue weighted by Gasteiger charge is 2.50. The first-order valence-electron chi connectivity index (χ1n) is 9.44. The number of nitrogens with zero attached hydrogens (tertiary/aromatic N) is 1. The second kappa shape index (κ2) is 7.04. The number of sulfonamides is 2. The van der Waals surface area contributed by atoms with Gasteiger partial charge in [0, 0.05) is 11.6 Å². The van der Waals surface area contributed by atoms with E-state index in [-0.39, 0.29) is 27.3 Å². The van der Waals surface area contributed by atoms with Crippen molar-refractivity contribution in [1.82, 2.24) is 0 Å². The smallest absolute Gasteiger partial charge is 0.278 e. The van der Waals surface area contributed by atoms with Crippen LogP contribution in [0.25, 0.3) is 0 Å². The summed E-state index contributed by atoms with van der Waals surface area (Å²) < 4.78 is 51.6. The summed E-state index contributed by atoms with van der Waals surface area (Å²) in [5.74, 6) is -0.0510. The Balaban J connectivity index is 1.59. The molecule has 0 radical (unpaired) electrons. The fraction of sp³-hybridized carbons (Fsp3) is 0.421. The standard InChI is InChI=1S/C19H22N2O5S2/c22-19(14-6-2-1-3-7-14)20-15-10-12-16(13-11-15)21-27(23,24)17-8-4-5-9-18(17)28(21,25)26/h8-14H,1-7H2,(H,20,22). The molecule has 0 unspecified atom stereocenters.